The fourth-order valence-corrected chi connectivity index (χ4v) is 4.08. The number of likely N-dealkylation sites (tertiary alicyclic amines) is 1. The van der Waals surface area contributed by atoms with E-state index < -0.39 is 6.09 Å². The Kier molecular flexibility index (Phi) is 5.48. The second-order valence-electron chi connectivity index (χ2n) is 7.02. The predicted molar refractivity (Wildman–Crippen MR) is 116 cm³/mol. The van der Waals surface area contributed by atoms with Gasteiger partial charge in [0.1, 0.15) is 34.4 Å². The minimum absolute atomic E-state index is 0.173. The third kappa shape index (κ3) is 3.78. The van der Waals surface area contributed by atoms with Crippen LogP contribution < -0.4 is 15.2 Å². The molecule has 0 aliphatic carbocycles. The molecule has 0 radical (unpaired) electrons. The molecule has 1 aliphatic heterocycles. The molecule has 0 bridgehead atoms. The number of rotatable bonds is 3. The summed E-state index contributed by atoms with van der Waals surface area (Å²) in [5.41, 5.74) is 7.83. The summed E-state index contributed by atoms with van der Waals surface area (Å²) < 4.78 is 12.4. The van der Waals surface area contributed by atoms with Gasteiger partial charge in [-0.3, -0.25) is 0 Å². The van der Waals surface area contributed by atoms with Crippen molar-refractivity contribution in [2.45, 2.75) is 12.5 Å². The van der Waals surface area contributed by atoms with Gasteiger partial charge in [0.2, 0.25) is 0 Å². The van der Waals surface area contributed by atoms with Crippen molar-refractivity contribution in [3.8, 4) is 23.3 Å². The number of benzene rings is 1. The highest BCUT2D eigenvalue weighted by atomic mass is 35.5. The zero-order chi connectivity index (χ0) is 22.1. The Morgan fingerprint density at radius 3 is 2.55 bits per heavy atom. The minimum atomic E-state index is -0.962. The lowest BCUT2D eigenvalue weighted by molar-refractivity contribution is 0.154. The molecular weight excluding hydrogens is 422 g/mol. The first-order chi connectivity index (χ1) is 14.9. The average molecular weight is 442 g/mol. The summed E-state index contributed by atoms with van der Waals surface area (Å²) in [6, 6.07) is 5.14. The SMILES string of the molecule is COc1cc(C#Cc2c(Cl)n(C3CCN(C(=O)O)C3)c3ncnc(N)c23)cc(OC)c1. The van der Waals surface area contributed by atoms with Crippen LogP contribution in [0.15, 0.2) is 24.5 Å². The van der Waals surface area contributed by atoms with Crippen LogP contribution in [-0.4, -0.2) is 57.9 Å². The number of hydrogen-bond donors (Lipinski definition) is 2. The summed E-state index contributed by atoms with van der Waals surface area (Å²) >= 11 is 6.74. The van der Waals surface area contributed by atoms with Crippen molar-refractivity contribution < 1.29 is 19.4 Å². The van der Waals surface area contributed by atoms with Crippen LogP contribution in [0.25, 0.3) is 11.0 Å². The molecule has 2 aromatic heterocycles. The van der Waals surface area contributed by atoms with E-state index in [9.17, 15) is 9.90 Å². The number of nitrogens with zero attached hydrogens (tertiary/aromatic N) is 4. The van der Waals surface area contributed by atoms with Crippen LogP contribution in [-0.2, 0) is 0 Å². The van der Waals surface area contributed by atoms with Gasteiger partial charge >= 0.3 is 6.09 Å². The van der Waals surface area contributed by atoms with E-state index in [2.05, 4.69) is 21.8 Å². The molecule has 0 spiro atoms. The first-order valence-corrected chi connectivity index (χ1v) is 9.83. The maximum absolute atomic E-state index is 11.3. The van der Waals surface area contributed by atoms with Crippen LogP contribution in [0.4, 0.5) is 10.6 Å². The Labute approximate surface area is 183 Å². The second-order valence-corrected chi connectivity index (χ2v) is 7.37. The first kappa shape index (κ1) is 20.6. The number of nitrogens with two attached hydrogens (primary N) is 1. The fourth-order valence-electron chi connectivity index (χ4n) is 3.72. The topological polar surface area (TPSA) is 116 Å². The molecule has 0 saturated carbocycles. The summed E-state index contributed by atoms with van der Waals surface area (Å²) in [5, 5.41) is 10.2. The van der Waals surface area contributed by atoms with Gasteiger partial charge in [0.05, 0.1) is 31.2 Å². The summed E-state index contributed by atoms with van der Waals surface area (Å²) in [6.45, 7) is 0.726. The molecule has 9 nitrogen and oxygen atoms in total. The third-order valence-corrected chi connectivity index (χ3v) is 5.61. The Hall–Kier alpha value is -3.64. The number of anilines is 1. The molecular formula is C21H20ClN5O4. The van der Waals surface area contributed by atoms with Gasteiger partial charge in [-0.15, -0.1) is 0 Å². The van der Waals surface area contributed by atoms with Crippen LogP contribution in [0.1, 0.15) is 23.6 Å². The number of nitrogen functional groups attached to an aromatic ring is 1. The molecule has 1 amide bonds. The Morgan fingerprint density at radius 2 is 1.94 bits per heavy atom. The van der Waals surface area contributed by atoms with Crippen molar-refractivity contribution in [2.75, 3.05) is 33.0 Å². The molecule has 160 valence electrons. The van der Waals surface area contributed by atoms with E-state index in [1.54, 1.807) is 37.0 Å². The number of ether oxygens (including phenoxy) is 2. The maximum Gasteiger partial charge on any atom is 0.407 e. The summed E-state index contributed by atoms with van der Waals surface area (Å²) in [4.78, 5) is 21.1. The summed E-state index contributed by atoms with van der Waals surface area (Å²) in [5.74, 6) is 7.65. The lowest BCUT2D eigenvalue weighted by Crippen LogP contribution is -2.27. The molecule has 3 aromatic rings. The van der Waals surface area contributed by atoms with E-state index >= 15 is 0 Å². The molecule has 1 saturated heterocycles. The number of carbonyl (C=O) groups is 1. The van der Waals surface area contributed by atoms with Gasteiger partial charge in [0.15, 0.2) is 0 Å². The lowest BCUT2D eigenvalue weighted by Gasteiger charge is -2.15. The Morgan fingerprint density at radius 1 is 1.23 bits per heavy atom. The quantitative estimate of drug-likeness (QED) is 0.600. The van der Waals surface area contributed by atoms with Crippen LogP contribution in [0, 0.1) is 11.8 Å². The zero-order valence-corrected chi connectivity index (χ0v) is 17.7. The van der Waals surface area contributed by atoms with Crippen molar-refractivity contribution in [3.63, 3.8) is 0 Å². The highest BCUT2D eigenvalue weighted by Crippen LogP contribution is 2.36. The molecule has 1 fully saturated rings. The number of aromatic nitrogens is 3. The van der Waals surface area contributed by atoms with Crippen molar-refractivity contribution in [2.24, 2.45) is 0 Å². The largest absolute Gasteiger partial charge is 0.497 e. The second kappa shape index (κ2) is 8.24. The van der Waals surface area contributed by atoms with E-state index in [0.29, 0.717) is 58.3 Å². The molecule has 1 unspecified atom stereocenters. The van der Waals surface area contributed by atoms with Gasteiger partial charge in [-0.05, 0) is 18.6 Å². The van der Waals surface area contributed by atoms with Crippen LogP contribution in [0.3, 0.4) is 0 Å². The van der Waals surface area contributed by atoms with Crippen LogP contribution >= 0.6 is 11.6 Å². The molecule has 1 atom stereocenters. The van der Waals surface area contributed by atoms with E-state index in [-0.39, 0.29) is 11.9 Å². The van der Waals surface area contributed by atoms with Crippen LogP contribution in [0.2, 0.25) is 5.15 Å². The maximum atomic E-state index is 11.3. The molecule has 1 aromatic carbocycles. The number of methoxy groups -OCH3 is 2. The molecule has 3 N–H and O–H groups in total. The van der Waals surface area contributed by atoms with Crippen molar-refractivity contribution >= 4 is 34.5 Å². The van der Waals surface area contributed by atoms with Gasteiger partial charge in [0.25, 0.3) is 0 Å². The number of halogens is 1. The van der Waals surface area contributed by atoms with E-state index in [4.69, 9.17) is 26.8 Å². The lowest BCUT2D eigenvalue weighted by atomic mass is 10.1. The summed E-state index contributed by atoms with van der Waals surface area (Å²) in [6.07, 6.45) is 1.01. The van der Waals surface area contributed by atoms with Crippen LogP contribution in [0.5, 0.6) is 11.5 Å². The number of amides is 1. The molecule has 3 heterocycles. The third-order valence-electron chi connectivity index (χ3n) is 5.23. The van der Waals surface area contributed by atoms with Crippen molar-refractivity contribution in [1.82, 2.24) is 19.4 Å². The molecule has 31 heavy (non-hydrogen) atoms. The van der Waals surface area contributed by atoms with E-state index in [1.165, 1.54) is 11.2 Å². The van der Waals surface area contributed by atoms with Gasteiger partial charge in [-0.25, -0.2) is 14.8 Å². The molecule has 10 heteroatoms. The number of carboxylic acid groups (broad SMARTS) is 1. The van der Waals surface area contributed by atoms with Gasteiger partial charge < -0.3 is 29.8 Å². The Bertz CT molecular complexity index is 1210. The van der Waals surface area contributed by atoms with Gasteiger partial charge in [0, 0.05) is 24.7 Å². The molecule has 1 aliphatic rings. The zero-order valence-electron chi connectivity index (χ0n) is 16.9. The van der Waals surface area contributed by atoms with E-state index in [0.717, 1.165) is 0 Å². The van der Waals surface area contributed by atoms with E-state index in [1.807, 2.05) is 0 Å². The smallest absolute Gasteiger partial charge is 0.407 e. The average Bonchev–Trinajstić information content (AvgIpc) is 3.35. The highest BCUT2D eigenvalue weighted by Gasteiger charge is 2.31. The van der Waals surface area contributed by atoms with Crippen molar-refractivity contribution in [1.29, 1.82) is 0 Å². The fraction of sp³-hybridized carbons (Fsp3) is 0.286. The summed E-state index contributed by atoms with van der Waals surface area (Å²) in [7, 11) is 3.13. The predicted octanol–water partition coefficient (Wildman–Crippen LogP) is 3.01. The highest BCUT2D eigenvalue weighted by molar-refractivity contribution is 6.32. The number of fused-ring (bicyclic) bond motifs is 1. The molecule has 4 rings (SSSR count). The van der Waals surface area contributed by atoms with Gasteiger partial charge in [-0.1, -0.05) is 23.4 Å². The normalized spacial score (nSPS) is 15.6. The van der Waals surface area contributed by atoms with Gasteiger partial charge in [-0.2, -0.15) is 0 Å². The van der Waals surface area contributed by atoms with Crippen molar-refractivity contribution in [3.05, 3.63) is 40.8 Å². The minimum Gasteiger partial charge on any atom is -0.497 e. The monoisotopic (exact) mass is 441 g/mol. The Balaban J connectivity index is 1.83. The standard InChI is InChI=1S/C21H20ClN5O4/c1-30-14-7-12(8-15(9-14)31-2)3-4-16-17-19(23)24-11-25-20(17)27(18(16)22)13-5-6-26(10-13)21(28)29/h7-9,11,13H,5-6,10H2,1-2H3,(H,28,29)(H2,23,24,25). The number of hydrogen-bond acceptors (Lipinski definition) is 6. The first-order valence-electron chi connectivity index (χ1n) is 9.45.